The second-order valence-electron chi connectivity index (χ2n) is 4.83. The molecular weight excluding hydrogens is 304 g/mol. The lowest BCUT2D eigenvalue weighted by Gasteiger charge is -2.29. The number of rotatable bonds is 6. The first-order valence-corrected chi connectivity index (χ1v) is 8.37. The first-order valence-electron chi connectivity index (χ1n) is 6.56. The quantitative estimate of drug-likeness (QED) is 0.647. The molecule has 6 heteroatoms. The van der Waals surface area contributed by atoms with Crippen LogP contribution in [-0.4, -0.2) is 32.2 Å². The average molecular weight is 320 g/mol. The highest BCUT2D eigenvalue weighted by molar-refractivity contribution is 7.86. The molecule has 116 valence electrons. The molecule has 2 aromatic carbocycles. The Morgan fingerprint density at radius 2 is 1.55 bits per heavy atom. The van der Waals surface area contributed by atoms with Crippen LogP contribution >= 0.6 is 0 Å². The highest BCUT2D eigenvalue weighted by Crippen LogP contribution is 2.31. The Morgan fingerprint density at radius 1 is 1.05 bits per heavy atom. The summed E-state index contributed by atoms with van der Waals surface area (Å²) in [5.41, 5.74) is -1.46. The van der Waals surface area contributed by atoms with Gasteiger partial charge >= 0.3 is 0 Å². The van der Waals surface area contributed by atoms with Crippen LogP contribution in [0.25, 0.3) is 0 Å². The van der Waals surface area contributed by atoms with Crippen LogP contribution in [0.15, 0.2) is 60.7 Å². The van der Waals surface area contributed by atoms with Crippen molar-refractivity contribution >= 4 is 15.9 Å². The van der Waals surface area contributed by atoms with E-state index in [0.29, 0.717) is 0 Å². The molecule has 1 unspecified atom stereocenters. The molecule has 5 nitrogen and oxygen atoms in total. The van der Waals surface area contributed by atoms with E-state index in [1.807, 2.05) is 0 Å². The summed E-state index contributed by atoms with van der Waals surface area (Å²) in [6.07, 6.45) is 0.846. The maximum absolute atomic E-state index is 12.8. The molecule has 22 heavy (non-hydrogen) atoms. The predicted octanol–water partition coefficient (Wildman–Crippen LogP) is 1.73. The summed E-state index contributed by atoms with van der Waals surface area (Å²) in [5, 5.41) is 9.81. The van der Waals surface area contributed by atoms with Crippen molar-refractivity contribution in [2.45, 2.75) is 5.60 Å². The second kappa shape index (κ2) is 6.39. The van der Waals surface area contributed by atoms with E-state index < -0.39 is 28.1 Å². The van der Waals surface area contributed by atoms with Gasteiger partial charge in [-0.3, -0.25) is 4.79 Å². The Balaban J connectivity index is 2.61. The topological polar surface area (TPSA) is 80.7 Å². The van der Waals surface area contributed by atoms with Gasteiger partial charge in [-0.25, -0.2) is 4.18 Å². The number of Topliss-reactive ketones (excluding diaryl/α,β-unsaturated/α-hetero) is 1. The van der Waals surface area contributed by atoms with Crippen molar-refractivity contribution < 1.29 is 22.5 Å². The molecule has 0 aliphatic rings. The minimum atomic E-state index is -3.98. The van der Waals surface area contributed by atoms with Gasteiger partial charge in [0, 0.05) is 5.56 Å². The van der Waals surface area contributed by atoms with Crippen molar-refractivity contribution in [2.75, 3.05) is 12.9 Å². The molecule has 2 aromatic rings. The molecule has 0 aliphatic heterocycles. The molecule has 0 aromatic heterocycles. The van der Waals surface area contributed by atoms with Gasteiger partial charge in [0.15, 0.2) is 5.60 Å². The Labute approximate surface area is 129 Å². The largest absolute Gasteiger partial charge is 0.392 e. The Bertz CT molecular complexity index is 741. The minimum absolute atomic E-state index is 0.254. The minimum Gasteiger partial charge on any atom is -0.392 e. The monoisotopic (exact) mass is 320 g/mol. The predicted molar refractivity (Wildman–Crippen MR) is 81.9 cm³/mol. The van der Waals surface area contributed by atoms with Crippen molar-refractivity contribution in [3.63, 3.8) is 0 Å². The lowest BCUT2D eigenvalue weighted by Crippen LogP contribution is -2.44. The molecule has 0 radical (unpaired) electrons. The van der Waals surface area contributed by atoms with Crippen molar-refractivity contribution in [2.24, 2.45) is 0 Å². The first-order chi connectivity index (χ1) is 10.4. The Morgan fingerprint density at radius 3 is 2.00 bits per heavy atom. The Kier molecular flexibility index (Phi) is 4.75. The summed E-state index contributed by atoms with van der Waals surface area (Å²) in [7, 11) is -3.98. The number of aliphatic hydroxyl groups is 1. The highest BCUT2D eigenvalue weighted by atomic mass is 32.2. The lowest BCUT2D eigenvalue weighted by molar-refractivity contribution is 0.0162. The third-order valence-corrected chi connectivity index (χ3v) is 3.75. The molecule has 0 aliphatic carbocycles. The molecule has 1 N–H and O–H groups in total. The van der Waals surface area contributed by atoms with Crippen LogP contribution in [0.4, 0.5) is 0 Å². The van der Waals surface area contributed by atoms with Crippen molar-refractivity contribution in [3.05, 3.63) is 71.8 Å². The molecule has 0 saturated carbocycles. The third-order valence-electron chi connectivity index (χ3n) is 3.16. The fourth-order valence-corrected chi connectivity index (χ4v) is 2.94. The van der Waals surface area contributed by atoms with E-state index >= 15 is 0 Å². The van der Waals surface area contributed by atoms with Crippen LogP contribution in [0.3, 0.4) is 0 Å². The van der Waals surface area contributed by atoms with Crippen LogP contribution in [-0.2, 0) is 19.9 Å². The fraction of sp³-hybridized carbons (Fsp3) is 0.188. The number of hydrogen-bond donors (Lipinski definition) is 1. The molecule has 0 amide bonds. The summed E-state index contributed by atoms with van der Waals surface area (Å²) in [5.74, 6) is -0.618. The smallest absolute Gasteiger partial charge is 0.265 e. The van der Waals surface area contributed by atoms with E-state index in [1.165, 1.54) is 0 Å². The molecule has 2 rings (SSSR count). The maximum Gasteiger partial charge on any atom is 0.265 e. The molecular formula is C16H16O5S. The van der Waals surface area contributed by atoms with Crippen LogP contribution in [0.2, 0.25) is 0 Å². The van der Waals surface area contributed by atoms with Crippen molar-refractivity contribution in [1.29, 1.82) is 0 Å². The summed E-state index contributed by atoms with van der Waals surface area (Å²) >= 11 is 0. The van der Waals surface area contributed by atoms with E-state index in [-0.39, 0.29) is 11.1 Å². The maximum atomic E-state index is 12.8. The highest BCUT2D eigenvalue weighted by Gasteiger charge is 2.44. The van der Waals surface area contributed by atoms with E-state index in [2.05, 4.69) is 0 Å². The number of aliphatic hydroxyl groups excluding tert-OH is 1. The zero-order valence-electron chi connectivity index (χ0n) is 12.0. The van der Waals surface area contributed by atoms with E-state index in [4.69, 9.17) is 4.18 Å². The lowest BCUT2D eigenvalue weighted by atomic mass is 9.86. The SMILES string of the molecule is CS(=O)(=O)OC(CO)(C(=O)c1ccccc1)c1ccccc1. The molecule has 0 spiro atoms. The van der Waals surface area contributed by atoms with Gasteiger partial charge in [-0.05, 0) is 5.56 Å². The van der Waals surface area contributed by atoms with Gasteiger partial charge in [-0.15, -0.1) is 0 Å². The van der Waals surface area contributed by atoms with Gasteiger partial charge in [0.2, 0.25) is 5.78 Å². The molecule has 0 saturated heterocycles. The average Bonchev–Trinajstić information content (AvgIpc) is 2.53. The first kappa shape index (κ1) is 16.4. The van der Waals surface area contributed by atoms with Crippen LogP contribution in [0, 0.1) is 0 Å². The van der Waals surface area contributed by atoms with Gasteiger partial charge in [0.1, 0.15) is 0 Å². The molecule has 1 atom stereocenters. The number of carbonyl (C=O) groups excluding carboxylic acids is 1. The van der Waals surface area contributed by atoms with Crippen molar-refractivity contribution in [3.8, 4) is 0 Å². The summed E-state index contributed by atoms with van der Waals surface area (Å²) < 4.78 is 28.3. The Hall–Kier alpha value is -2.02. The van der Waals surface area contributed by atoms with E-state index in [0.717, 1.165) is 6.26 Å². The summed E-state index contributed by atoms with van der Waals surface area (Å²) in [6.45, 7) is -0.794. The molecule has 0 heterocycles. The van der Waals surface area contributed by atoms with Crippen LogP contribution < -0.4 is 0 Å². The third kappa shape index (κ3) is 3.41. The van der Waals surface area contributed by atoms with Gasteiger partial charge in [-0.1, -0.05) is 60.7 Å². The van der Waals surface area contributed by atoms with Gasteiger partial charge < -0.3 is 5.11 Å². The normalized spacial score (nSPS) is 14.3. The zero-order valence-corrected chi connectivity index (χ0v) is 12.8. The number of benzene rings is 2. The number of carbonyl (C=O) groups is 1. The molecule has 0 bridgehead atoms. The summed E-state index contributed by atoms with van der Waals surface area (Å²) in [6, 6.07) is 16.2. The standard InChI is InChI=1S/C16H16O5S/c1-22(19,20)21-16(12-17,14-10-6-3-7-11-14)15(18)13-8-4-2-5-9-13/h2-11,17H,12H2,1H3. The number of hydrogen-bond acceptors (Lipinski definition) is 5. The zero-order chi connectivity index (χ0) is 16.2. The van der Waals surface area contributed by atoms with Crippen LogP contribution in [0.1, 0.15) is 15.9 Å². The second-order valence-corrected chi connectivity index (χ2v) is 6.41. The molecule has 0 fully saturated rings. The van der Waals surface area contributed by atoms with E-state index in [1.54, 1.807) is 60.7 Å². The summed E-state index contributed by atoms with van der Waals surface area (Å²) in [4.78, 5) is 12.8. The van der Waals surface area contributed by atoms with Crippen molar-refractivity contribution in [1.82, 2.24) is 0 Å². The van der Waals surface area contributed by atoms with Crippen LogP contribution in [0.5, 0.6) is 0 Å². The van der Waals surface area contributed by atoms with Gasteiger partial charge in [0.25, 0.3) is 10.1 Å². The fourth-order valence-electron chi connectivity index (χ4n) is 2.19. The van der Waals surface area contributed by atoms with Gasteiger partial charge in [0.05, 0.1) is 12.9 Å². The number of ketones is 1. The van der Waals surface area contributed by atoms with Gasteiger partial charge in [-0.2, -0.15) is 8.42 Å². The van der Waals surface area contributed by atoms with E-state index in [9.17, 15) is 18.3 Å².